The lowest BCUT2D eigenvalue weighted by Gasteiger charge is -2.23. The van der Waals surface area contributed by atoms with E-state index in [0.29, 0.717) is 23.3 Å². The summed E-state index contributed by atoms with van der Waals surface area (Å²) in [6.45, 7) is 1.95. The number of amides is 1. The van der Waals surface area contributed by atoms with Gasteiger partial charge in [-0.2, -0.15) is 5.10 Å². The van der Waals surface area contributed by atoms with Crippen LogP contribution in [0.25, 0.3) is 10.8 Å². The van der Waals surface area contributed by atoms with E-state index in [-0.39, 0.29) is 23.8 Å². The Hall–Kier alpha value is -3.32. The predicted molar refractivity (Wildman–Crippen MR) is 113 cm³/mol. The molecule has 0 saturated carbocycles. The topological polar surface area (TPSA) is 55.2 Å². The molecule has 0 fully saturated rings. The maximum atomic E-state index is 13.4. The fourth-order valence-electron chi connectivity index (χ4n) is 3.23. The molecule has 1 amide bonds. The molecule has 29 heavy (non-hydrogen) atoms. The highest BCUT2D eigenvalue weighted by molar-refractivity contribution is 7.09. The molecule has 4 rings (SSSR count). The Balaban J connectivity index is 1.69. The number of thiophene rings is 1. The first-order chi connectivity index (χ1) is 14.0. The minimum atomic E-state index is -0.375. The van der Waals surface area contributed by atoms with Crippen LogP contribution in [0.3, 0.4) is 0 Å². The van der Waals surface area contributed by atoms with Crippen molar-refractivity contribution in [1.82, 2.24) is 9.78 Å². The molecule has 0 unspecified atom stereocenters. The molecule has 0 spiro atoms. The van der Waals surface area contributed by atoms with Gasteiger partial charge < -0.3 is 4.90 Å². The minimum Gasteiger partial charge on any atom is -0.306 e. The van der Waals surface area contributed by atoms with E-state index in [1.807, 2.05) is 36.6 Å². The lowest BCUT2D eigenvalue weighted by atomic mass is 10.1. The second-order valence-electron chi connectivity index (χ2n) is 6.63. The molecule has 0 bridgehead atoms. The molecule has 146 valence electrons. The summed E-state index contributed by atoms with van der Waals surface area (Å²) in [5.74, 6) is -0.672. The average molecular weight is 407 g/mol. The number of anilines is 1. The monoisotopic (exact) mass is 407 g/mol. The van der Waals surface area contributed by atoms with Crippen LogP contribution in [0.2, 0.25) is 0 Å². The molecule has 0 aliphatic rings. The second kappa shape index (κ2) is 7.97. The summed E-state index contributed by atoms with van der Waals surface area (Å²) >= 11 is 1.53. The van der Waals surface area contributed by atoms with Gasteiger partial charge in [0.1, 0.15) is 12.4 Å². The number of fused-ring (bicyclic) bond motifs is 1. The van der Waals surface area contributed by atoms with Gasteiger partial charge in [-0.25, -0.2) is 9.07 Å². The van der Waals surface area contributed by atoms with Crippen molar-refractivity contribution in [1.29, 1.82) is 0 Å². The molecule has 5 nitrogen and oxygen atoms in total. The Morgan fingerprint density at radius 1 is 1.07 bits per heavy atom. The van der Waals surface area contributed by atoms with Crippen molar-refractivity contribution in [3.05, 3.63) is 92.8 Å². The standard InChI is InChI=1S/C22H18FN3O2S/c1-15-19-6-2-3-7-20(19)22(28)26(24-15)14-21(27)25(13-18-5-4-12-29-18)17-10-8-16(23)9-11-17/h2-12H,13-14H2,1H3. The van der Waals surface area contributed by atoms with Crippen molar-refractivity contribution in [2.45, 2.75) is 20.0 Å². The van der Waals surface area contributed by atoms with Crippen molar-refractivity contribution >= 4 is 33.7 Å². The summed E-state index contributed by atoms with van der Waals surface area (Å²) in [6.07, 6.45) is 0. The van der Waals surface area contributed by atoms with Crippen LogP contribution < -0.4 is 10.5 Å². The van der Waals surface area contributed by atoms with Gasteiger partial charge in [-0.05, 0) is 48.7 Å². The molecular weight excluding hydrogens is 389 g/mol. The summed E-state index contributed by atoms with van der Waals surface area (Å²) in [4.78, 5) is 28.5. The number of carbonyl (C=O) groups excluding carboxylic acids is 1. The van der Waals surface area contributed by atoms with Gasteiger partial charge in [-0.15, -0.1) is 11.3 Å². The molecule has 0 atom stereocenters. The van der Waals surface area contributed by atoms with Crippen LogP contribution in [0.15, 0.2) is 70.8 Å². The third-order valence-electron chi connectivity index (χ3n) is 4.67. The fourth-order valence-corrected chi connectivity index (χ4v) is 3.92. The molecule has 7 heteroatoms. The molecule has 0 aliphatic carbocycles. The average Bonchev–Trinajstić information content (AvgIpc) is 3.24. The predicted octanol–water partition coefficient (Wildman–Crippen LogP) is 4.14. The number of carbonyl (C=O) groups is 1. The zero-order valence-electron chi connectivity index (χ0n) is 15.7. The van der Waals surface area contributed by atoms with Gasteiger partial charge >= 0.3 is 0 Å². The first-order valence-electron chi connectivity index (χ1n) is 9.08. The van der Waals surface area contributed by atoms with Gasteiger partial charge in [0, 0.05) is 16.0 Å². The molecule has 0 saturated heterocycles. The molecule has 2 aromatic carbocycles. The molecule has 0 radical (unpaired) electrons. The highest BCUT2D eigenvalue weighted by Gasteiger charge is 2.19. The zero-order chi connectivity index (χ0) is 20.4. The van der Waals surface area contributed by atoms with Crippen molar-refractivity contribution in [3.8, 4) is 0 Å². The molecule has 0 N–H and O–H groups in total. The van der Waals surface area contributed by atoms with E-state index in [4.69, 9.17) is 0 Å². The molecule has 4 aromatic rings. The van der Waals surface area contributed by atoms with Crippen molar-refractivity contribution in [2.24, 2.45) is 0 Å². The van der Waals surface area contributed by atoms with E-state index in [9.17, 15) is 14.0 Å². The van der Waals surface area contributed by atoms with Crippen molar-refractivity contribution in [3.63, 3.8) is 0 Å². The van der Waals surface area contributed by atoms with Crippen LogP contribution in [0.1, 0.15) is 10.6 Å². The number of hydrogen-bond donors (Lipinski definition) is 0. The van der Waals surface area contributed by atoms with E-state index < -0.39 is 0 Å². The number of nitrogens with zero attached hydrogens (tertiary/aromatic N) is 3. The number of rotatable bonds is 5. The SMILES string of the molecule is Cc1nn(CC(=O)N(Cc2cccs2)c2ccc(F)cc2)c(=O)c2ccccc12. The molecule has 2 aromatic heterocycles. The Bertz CT molecular complexity index is 1220. The number of halogens is 1. The quantitative estimate of drug-likeness (QED) is 0.500. The van der Waals surface area contributed by atoms with E-state index in [1.54, 1.807) is 29.2 Å². The Morgan fingerprint density at radius 3 is 2.48 bits per heavy atom. The van der Waals surface area contributed by atoms with Crippen LogP contribution in [0.4, 0.5) is 10.1 Å². The fraction of sp³-hybridized carbons (Fsp3) is 0.136. The zero-order valence-corrected chi connectivity index (χ0v) is 16.5. The smallest absolute Gasteiger partial charge is 0.275 e. The van der Waals surface area contributed by atoms with Gasteiger partial charge in [-0.3, -0.25) is 9.59 Å². The van der Waals surface area contributed by atoms with E-state index >= 15 is 0 Å². The Kier molecular flexibility index (Phi) is 5.22. The maximum absolute atomic E-state index is 13.4. The summed E-state index contributed by atoms with van der Waals surface area (Å²) in [7, 11) is 0. The van der Waals surface area contributed by atoms with E-state index in [2.05, 4.69) is 5.10 Å². The van der Waals surface area contributed by atoms with Crippen LogP contribution in [-0.2, 0) is 17.9 Å². The van der Waals surface area contributed by atoms with Gasteiger partial charge in [0.05, 0.1) is 17.6 Å². The Morgan fingerprint density at radius 2 is 1.79 bits per heavy atom. The molecule has 0 aliphatic heterocycles. The maximum Gasteiger partial charge on any atom is 0.275 e. The normalized spacial score (nSPS) is 11.0. The summed E-state index contributed by atoms with van der Waals surface area (Å²) in [5, 5.41) is 7.56. The first-order valence-corrected chi connectivity index (χ1v) is 9.95. The van der Waals surface area contributed by atoms with Crippen LogP contribution in [0, 0.1) is 12.7 Å². The number of aromatic nitrogens is 2. The number of aryl methyl sites for hydroxylation is 1. The highest BCUT2D eigenvalue weighted by Crippen LogP contribution is 2.21. The summed E-state index contributed by atoms with van der Waals surface area (Å²) < 4.78 is 14.6. The lowest BCUT2D eigenvalue weighted by molar-refractivity contribution is -0.119. The molecule has 2 heterocycles. The van der Waals surface area contributed by atoms with Crippen LogP contribution in [-0.4, -0.2) is 15.7 Å². The van der Waals surface area contributed by atoms with Gasteiger partial charge in [0.15, 0.2) is 0 Å². The minimum absolute atomic E-state index is 0.201. The third kappa shape index (κ3) is 3.95. The van der Waals surface area contributed by atoms with Crippen LogP contribution in [0.5, 0.6) is 0 Å². The van der Waals surface area contributed by atoms with Crippen LogP contribution >= 0.6 is 11.3 Å². The van der Waals surface area contributed by atoms with E-state index in [0.717, 1.165) is 10.3 Å². The second-order valence-corrected chi connectivity index (χ2v) is 7.66. The van der Waals surface area contributed by atoms with Crippen molar-refractivity contribution in [2.75, 3.05) is 4.90 Å². The third-order valence-corrected chi connectivity index (χ3v) is 5.53. The summed E-state index contributed by atoms with van der Waals surface area (Å²) in [6, 6.07) is 16.8. The summed E-state index contributed by atoms with van der Waals surface area (Å²) in [5.41, 5.74) is 0.935. The lowest BCUT2D eigenvalue weighted by Crippen LogP contribution is -2.37. The largest absolute Gasteiger partial charge is 0.306 e. The van der Waals surface area contributed by atoms with E-state index in [1.165, 1.54) is 28.2 Å². The highest BCUT2D eigenvalue weighted by atomic mass is 32.1. The number of benzene rings is 2. The first kappa shape index (κ1) is 19.0. The van der Waals surface area contributed by atoms with Gasteiger partial charge in [0.25, 0.3) is 5.56 Å². The van der Waals surface area contributed by atoms with Crippen molar-refractivity contribution < 1.29 is 9.18 Å². The van der Waals surface area contributed by atoms with Gasteiger partial charge in [-0.1, -0.05) is 24.3 Å². The number of hydrogen-bond acceptors (Lipinski definition) is 4. The van der Waals surface area contributed by atoms with Gasteiger partial charge in [0.2, 0.25) is 5.91 Å². The Labute approximate surface area is 170 Å². The molecular formula is C22H18FN3O2S.